The van der Waals surface area contributed by atoms with Gasteiger partial charge in [0.25, 0.3) is 10.2 Å². The molecule has 0 aromatic heterocycles. The summed E-state index contributed by atoms with van der Waals surface area (Å²) in [7, 11) is 1.28. The first-order valence-electron chi connectivity index (χ1n) is 14.6. The Morgan fingerprint density at radius 3 is 1.02 bits per heavy atom. The van der Waals surface area contributed by atoms with E-state index in [9.17, 15) is 8.42 Å². The van der Waals surface area contributed by atoms with Crippen molar-refractivity contribution in [3.05, 3.63) is 0 Å². The van der Waals surface area contributed by atoms with Crippen LogP contribution in [0.2, 0.25) is 0 Å². The summed E-state index contributed by atoms with van der Waals surface area (Å²) >= 11 is 0. The maximum Gasteiger partial charge on any atom is 0.317 e. The standard InChI is InChI=1S/C18H38N4O2S.C10H21N.Cl2O2S.2ClH/c1-15(2)9-13(10-16(3,4)21-15)19-25(23,24)20-14-11-17(5,6)22-18(7,8)12-14;1-9(2)5-8(11)6-10(3,4)7-9;1-5(2,3)4;;/h13-14,19-22H,9-12H2,1-8H3;8H,5-7,11H2,1-4H3;;2*1H. The Morgan fingerprint density at radius 1 is 0.581 bits per heavy atom. The van der Waals surface area contributed by atoms with E-state index in [-0.39, 0.29) is 59.1 Å². The van der Waals surface area contributed by atoms with Crippen LogP contribution in [0.3, 0.4) is 0 Å². The maximum atomic E-state index is 12.7. The Hall–Kier alpha value is 0.860. The Bertz CT molecular complexity index is 996. The number of nitrogens with two attached hydrogens (primary N) is 1. The lowest BCUT2D eigenvalue weighted by Gasteiger charge is -2.47. The first kappa shape index (κ1) is 46.0. The quantitative estimate of drug-likeness (QED) is 0.219. The lowest BCUT2D eigenvalue weighted by molar-refractivity contribution is 0.0989. The summed E-state index contributed by atoms with van der Waals surface area (Å²) in [5, 5.41) is 7.17. The molecule has 0 aromatic carbocycles. The van der Waals surface area contributed by atoms with Gasteiger partial charge in [0.1, 0.15) is 0 Å². The average Bonchev–Trinajstić information content (AvgIpc) is 2.49. The third-order valence-corrected chi connectivity index (χ3v) is 8.90. The van der Waals surface area contributed by atoms with Crippen LogP contribution in [0.1, 0.15) is 128 Å². The molecule has 3 fully saturated rings. The van der Waals surface area contributed by atoms with Crippen molar-refractivity contribution in [2.45, 2.75) is 168 Å². The van der Waals surface area contributed by atoms with Crippen molar-refractivity contribution in [1.29, 1.82) is 0 Å². The van der Waals surface area contributed by atoms with Crippen molar-refractivity contribution in [1.82, 2.24) is 20.1 Å². The highest BCUT2D eigenvalue weighted by Gasteiger charge is 2.42. The molecule has 0 bridgehead atoms. The van der Waals surface area contributed by atoms with Gasteiger partial charge in [0.2, 0.25) is 0 Å². The molecule has 9 nitrogen and oxygen atoms in total. The second-order valence-corrected chi connectivity index (χ2v) is 21.9. The van der Waals surface area contributed by atoms with Crippen LogP contribution in [0, 0.1) is 10.8 Å². The molecule has 43 heavy (non-hydrogen) atoms. The van der Waals surface area contributed by atoms with Gasteiger partial charge in [-0.15, -0.1) is 24.8 Å². The molecule has 0 unspecified atom stereocenters. The number of halogens is 4. The second kappa shape index (κ2) is 15.8. The predicted molar refractivity (Wildman–Crippen MR) is 188 cm³/mol. The summed E-state index contributed by atoms with van der Waals surface area (Å²) in [5.74, 6) is 0. The largest absolute Gasteiger partial charge is 0.328 e. The molecule has 0 radical (unpaired) electrons. The van der Waals surface area contributed by atoms with Gasteiger partial charge in [-0.2, -0.15) is 26.3 Å². The molecule has 1 saturated carbocycles. The molecule has 0 aromatic rings. The fraction of sp³-hybridized carbons (Fsp3) is 1.00. The molecule has 0 amide bonds. The van der Waals surface area contributed by atoms with Crippen LogP contribution in [0.15, 0.2) is 0 Å². The van der Waals surface area contributed by atoms with Gasteiger partial charge in [0, 0.05) is 61.6 Å². The number of hydrogen-bond acceptors (Lipinski definition) is 7. The molecule has 0 atom stereocenters. The van der Waals surface area contributed by atoms with Crippen molar-refractivity contribution >= 4 is 64.7 Å². The minimum atomic E-state index is -3.72. The summed E-state index contributed by atoms with van der Waals surface area (Å²) in [6.45, 7) is 26.3. The molecule has 3 rings (SSSR count). The molecule has 15 heteroatoms. The molecular formula is C28H61Cl4N5O4S2. The number of rotatable bonds is 4. The Kier molecular flexibility index (Phi) is 16.9. The fourth-order valence-electron chi connectivity index (χ4n) is 8.22. The number of piperidine rings is 2. The molecule has 2 aliphatic heterocycles. The van der Waals surface area contributed by atoms with E-state index in [0.29, 0.717) is 16.9 Å². The summed E-state index contributed by atoms with van der Waals surface area (Å²) in [4.78, 5) is 0. The Labute approximate surface area is 285 Å². The van der Waals surface area contributed by atoms with Crippen LogP contribution in [-0.4, -0.2) is 57.1 Å². The summed E-state index contributed by atoms with van der Waals surface area (Å²) in [5.41, 5.74) is 6.55. The van der Waals surface area contributed by atoms with Crippen molar-refractivity contribution in [2.75, 3.05) is 0 Å². The molecule has 6 N–H and O–H groups in total. The van der Waals surface area contributed by atoms with Crippen molar-refractivity contribution in [3.63, 3.8) is 0 Å². The average molecular weight is 738 g/mol. The van der Waals surface area contributed by atoms with Crippen LogP contribution in [-0.2, 0) is 18.5 Å². The lowest BCUT2D eigenvalue weighted by Crippen LogP contribution is -2.65. The minimum absolute atomic E-state index is 0. The van der Waals surface area contributed by atoms with E-state index in [1.807, 2.05) is 0 Å². The molecule has 0 spiro atoms. The Balaban J connectivity index is 0. The first-order chi connectivity index (χ1) is 17.8. The van der Waals surface area contributed by atoms with Gasteiger partial charge in [0.05, 0.1) is 0 Å². The van der Waals surface area contributed by atoms with E-state index in [1.165, 1.54) is 19.3 Å². The van der Waals surface area contributed by atoms with Gasteiger partial charge in [-0.1, -0.05) is 27.7 Å². The molecule has 1 aliphatic carbocycles. The third-order valence-electron chi connectivity index (χ3n) is 7.61. The molecule has 3 aliphatic rings. The van der Waals surface area contributed by atoms with Crippen LogP contribution >= 0.6 is 46.2 Å². The molecular weight excluding hydrogens is 676 g/mol. The van der Waals surface area contributed by atoms with Gasteiger partial charge in [-0.05, 0) is 111 Å². The van der Waals surface area contributed by atoms with Gasteiger partial charge in [0.15, 0.2) is 0 Å². The summed E-state index contributed by atoms with van der Waals surface area (Å²) < 4.78 is 49.6. The van der Waals surface area contributed by atoms with Gasteiger partial charge < -0.3 is 16.4 Å². The fourth-order valence-corrected chi connectivity index (χ4v) is 9.49. The van der Waals surface area contributed by atoms with E-state index in [0.717, 1.165) is 25.7 Å². The van der Waals surface area contributed by atoms with E-state index in [4.69, 9.17) is 14.2 Å². The molecule has 2 saturated heterocycles. The van der Waals surface area contributed by atoms with Crippen LogP contribution in [0.5, 0.6) is 0 Å². The minimum Gasteiger partial charge on any atom is -0.328 e. The topological polar surface area (TPSA) is 142 Å². The summed E-state index contributed by atoms with van der Waals surface area (Å²) in [6, 6.07) is 0.298. The van der Waals surface area contributed by atoms with Gasteiger partial charge in [-0.3, -0.25) is 0 Å². The first-order valence-corrected chi connectivity index (χ1v) is 19.2. The summed E-state index contributed by atoms with van der Waals surface area (Å²) in [6.07, 6.45) is 6.81. The highest BCUT2D eigenvalue weighted by Crippen LogP contribution is 2.44. The van der Waals surface area contributed by atoms with Crippen LogP contribution in [0.25, 0.3) is 0 Å². The van der Waals surface area contributed by atoms with E-state index >= 15 is 0 Å². The number of hydrogen-bond donors (Lipinski definition) is 5. The monoisotopic (exact) mass is 735 g/mol. The van der Waals surface area contributed by atoms with Crippen LogP contribution in [0.4, 0.5) is 0 Å². The van der Waals surface area contributed by atoms with Gasteiger partial charge in [-0.25, -0.2) is 0 Å². The zero-order valence-electron chi connectivity index (χ0n) is 28.3. The zero-order chi connectivity index (χ0) is 32.5. The highest BCUT2D eigenvalue weighted by atomic mass is 36.0. The second-order valence-electron chi connectivity index (χ2n) is 16.8. The SMILES string of the molecule is CC1(C)CC(N)CC(C)(C)C1.CC1(C)CC(NS(=O)(=O)NC2CC(C)(C)NC(C)(C)C2)CC(C)(C)N1.Cl.Cl.O=S(=O)(Cl)Cl. The van der Waals surface area contributed by atoms with E-state index < -0.39 is 18.5 Å². The third kappa shape index (κ3) is 20.7. The van der Waals surface area contributed by atoms with Gasteiger partial charge >= 0.3 is 8.26 Å². The Morgan fingerprint density at radius 2 is 0.814 bits per heavy atom. The smallest absolute Gasteiger partial charge is 0.317 e. The van der Waals surface area contributed by atoms with Crippen LogP contribution < -0.4 is 25.8 Å². The van der Waals surface area contributed by atoms with Crippen molar-refractivity contribution in [2.24, 2.45) is 16.6 Å². The maximum absolute atomic E-state index is 12.7. The predicted octanol–water partition coefficient (Wildman–Crippen LogP) is 6.13. The van der Waals surface area contributed by atoms with E-state index in [2.05, 4.69) is 125 Å². The molecule has 262 valence electrons. The molecule has 2 heterocycles. The lowest BCUT2D eigenvalue weighted by atomic mass is 9.64. The van der Waals surface area contributed by atoms with Crippen molar-refractivity contribution in [3.8, 4) is 0 Å². The normalized spacial score (nSPS) is 26.2. The highest BCUT2D eigenvalue weighted by molar-refractivity contribution is 8.31. The van der Waals surface area contributed by atoms with Crippen molar-refractivity contribution < 1.29 is 16.8 Å². The number of nitrogens with one attached hydrogen (secondary N) is 4. The van der Waals surface area contributed by atoms with E-state index in [1.54, 1.807) is 0 Å². The zero-order valence-corrected chi connectivity index (χ0v) is 33.1.